The maximum absolute atomic E-state index is 13.3. The number of carbonyl (C=O) groups is 2. The molecule has 3 N–H and O–H groups in total. The van der Waals surface area contributed by atoms with Gasteiger partial charge in [-0.15, -0.1) is 0 Å². The van der Waals surface area contributed by atoms with E-state index in [1.165, 1.54) is 6.26 Å². The summed E-state index contributed by atoms with van der Waals surface area (Å²) in [5, 5.41) is 16.1. The Morgan fingerprint density at radius 1 is 0.917 bits per heavy atom. The maximum atomic E-state index is 13.3. The van der Waals surface area contributed by atoms with E-state index < -0.39 is 20.9 Å². The summed E-state index contributed by atoms with van der Waals surface area (Å²) in [7, 11) is -3.27. The average molecular weight is 505 g/mol. The minimum Gasteiger partial charge on any atom is -0.351 e. The molecule has 0 saturated heterocycles. The minimum absolute atomic E-state index is 0.260. The van der Waals surface area contributed by atoms with Crippen LogP contribution in [0.3, 0.4) is 0 Å². The number of aromatic nitrogens is 1. The van der Waals surface area contributed by atoms with Gasteiger partial charge in [0.25, 0.3) is 5.91 Å². The van der Waals surface area contributed by atoms with E-state index in [1.54, 1.807) is 30.3 Å². The summed E-state index contributed by atoms with van der Waals surface area (Å²) in [5.74, 6) is -0.630. The Kier molecular flexibility index (Phi) is 5.87. The molecule has 5 rings (SSSR count). The second kappa shape index (κ2) is 8.79. The van der Waals surface area contributed by atoms with Crippen LogP contribution in [0.1, 0.15) is 55.4 Å². The number of aromatic amines is 1. The van der Waals surface area contributed by atoms with Crippen molar-refractivity contribution in [3.8, 4) is 17.2 Å². The van der Waals surface area contributed by atoms with Gasteiger partial charge < -0.3 is 15.6 Å². The molecule has 2 aliphatic carbocycles. The van der Waals surface area contributed by atoms with Gasteiger partial charge in [-0.1, -0.05) is 37.5 Å². The Hall–Kier alpha value is -3.64. The molecule has 0 bridgehead atoms. The van der Waals surface area contributed by atoms with Gasteiger partial charge in [0.2, 0.25) is 5.91 Å². The first-order valence-electron chi connectivity index (χ1n) is 12.1. The van der Waals surface area contributed by atoms with Crippen molar-refractivity contribution in [1.82, 2.24) is 15.6 Å². The molecule has 0 spiro atoms. The first-order valence-corrected chi connectivity index (χ1v) is 14.0. The predicted molar refractivity (Wildman–Crippen MR) is 136 cm³/mol. The molecule has 186 valence electrons. The molecule has 0 atom stereocenters. The number of rotatable bonds is 6. The van der Waals surface area contributed by atoms with Gasteiger partial charge in [-0.05, 0) is 67.1 Å². The van der Waals surface area contributed by atoms with Crippen LogP contribution in [-0.2, 0) is 14.6 Å². The molecule has 2 aliphatic rings. The van der Waals surface area contributed by atoms with Gasteiger partial charge in [-0.3, -0.25) is 9.59 Å². The number of fused-ring (bicyclic) bond motifs is 1. The zero-order valence-corrected chi connectivity index (χ0v) is 20.9. The van der Waals surface area contributed by atoms with Crippen molar-refractivity contribution >= 4 is 32.6 Å². The minimum atomic E-state index is -3.27. The fraction of sp³-hybridized carbons (Fsp3) is 0.370. The Morgan fingerprint density at radius 3 is 2.19 bits per heavy atom. The number of hydrogen-bond donors (Lipinski definition) is 3. The lowest BCUT2D eigenvalue weighted by atomic mass is 9.80. The Labute approximate surface area is 210 Å². The smallest absolute Gasteiger partial charge is 0.268 e. The van der Waals surface area contributed by atoms with Gasteiger partial charge in [-0.2, -0.15) is 5.26 Å². The summed E-state index contributed by atoms with van der Waals surface area (Å²) in [5.41, 5.74) is 1.08. The molecule has 0 radical (unpaired) electrons. The highest BCUT2D eigenvalue weighted by atomic mass is 32.2. The number of benzene rings is 2. The van der Waals surface area contributed by atoms with Gasteiger partial charge in [0.05, 0.1) is 11.0 Å². The first kappa shape index (κ1) is 24.1. The molecule has 2 amide bonds. The van der Waals surface area contributed by atoms with Crippen molar-refractivity contribution in [3.05, 3.63) is 54.2 Å². The molecule has 0 aliphatic heterocycles. The van der Waals surface area contributed by atoms with Crippen molar-refractivity contribution in [2.75, 3.05) is 6.26 Å². The monoisotopic (exact) mass is 504 g/mol. The second-order valence-corrected chi connectivity index (χ2v) is 12.0. The topological polar surface area (TPSA) is 132 Å². The lowest BCUT2D eigenvalue weighted by molar-refractivity contribution is -0.129. The Morgan fingerprint density at radius 2 is 1.58 bits per heavy atom. The highest BCUT2D eigenvalue weighted by Crippen LogP contribution is 2.37. The SMILES string of the molecule is CS(=O)(=O)c1ccc(-c2ccc3[nH]c(C(=O)NC4(C(=O)NC5(C#N)CC5)CCCCC4)cc3c2)cc1. The summed E-state index contributed by atoms with van der Waals surface area (Å²) >= 11 is 0. The van der Waals surface area contributed by atoms with Crippen LogP contribution in [0, 0.1) is 11.3 Å². The summed E-state index contributed by atoms with van der Waals surface area (Å²) < 4.78 is 23.5. The van der Waals surface area contributed by atoms with Crippen LogP contribution in [0.4, 0.5) is 0 Å². The van der Waals surface area contributed by atoms with E-state index >= 15 is 0 Å². The van der Waals surface area contributed by atoms with Crippen molar-refractivity contribution in [1.29, 1.82) is 5.26 Å². The van der Waals surface area contributed by atoms with E-state index in [2.05, 4.69) is 21.7 Å². The number of nitrogens with one attached hydrogen (secondary N) is 3. The van der Waals surface area contributed by atoms with Gasteiger partial charge >= 0.3 is 0 Å². The third kappa shape index (κ3) is 4.61. The van der Waals surface area contributed by atoms with Gasteiger partial charge in [0.15, 0.2) is 9.84 Å². The Bertz CT molecular complexity index is 1490. The molecule has 1 heterocycles. The number of nitriles is 1. The second-order valence-electron chi connectivity index (χ2n) is 10.0. The molecule has 3 aromatic rings. The third-order valence-corrected chi connectivity index (χ3v) is 8.42. The van der Waals surface area contributed by atoms with E-state index in [9.17, 15) is 23.3 Å². The van der Waals surface area contributed by atoms with Crippen LogP contribution < -0.4 is 10.6 Å². The van der Waals surface area contributed by atoms with E-state index in [4.69, 9.17) is 0 Å². The molecule has 2 saturated carbocycles. The summed E-state index contributed by atoms with van der Waals surface area (Å²) in [6.45, 7) is 0. The Balaban J connectivity index is 1.38. The van der Waals surface area contributed by atoms with Crippen LogP contribution in [-0.4, -0.2) is 42.5 Å². The van der Waals surface area contributed by atoms with Crippen molar-refractivity contribution < 1.29 is 18.0 Å². The molecule has 0 unspecified atom stereocenters. The standard InChI is InChI=1S/C27H28N4O4S/c1-36(34,35)21-8-5-18(6-9-21)19-7-10-22-20(15-19)16-23(29-22)24(32)30-27(11-3-2-4-12-27)25(33)31-26(17-28)13-14-26/h5-10,15-16,29H,2-4,11-14H2,1H3,(H,30,32)(H,31,33). The van der Waals surface area contributed by atoms with Crippen molar-refractivity contribution in [3.63, 3.8) is 0 Å². The maximum Gasteiger partial charge on any atom is 0.268 e. The highest BCUT2D eigenvalue weighted by molar-refractivity contribution is 7.90. The average Bonchev–Trinajstić information content (AvgIpc) is 3.51. The van der Waals surface area contributed by atoms with Crippen molar-refractivity contribution in [2.45, 2.75) is 60.9 Å². The van der Waals surface area contributed by atoms with Crippen LogP contribution in [0.2, 0.25) is 0 Å². The largest absolute Gasteiger partial charge is 0.351 e. The fourth-order valence-electron chi connectivity index (χ4n) is 4.90. The third-order valence-electron chi connectivity index (χ3n) is 7.29. The quantitative estimate of drug-likeness (QED) is 0.469. The van der Waals surface area contributed by atoms with Gasteiger partial charge in [0.1, 0.15) is 16.8 Å². The molecule has 9 heteroatoms. The number of carbonyl (C=O) groups excluding carboxylic acids is 2. The lowest BCUT2D eigenvalue weighted by Gasteiger charge is -2.37. The van der Waals surface area contributed by atoms with Crippen LogP contribution in [0.25, 0.3) is 22.0 Å². The molecule has 36 heavy (non-hydrogen) atoms. The number of sulfone groups is 1. The number of nitrogens with zero attached hydrogens (tertiary/aromatic N) is 1. The molecule has 8 nitrogen and oxygen atoms in total. The highest BCUT2D eigenvalue weighted by Gasteiger charge is 2.50. The summed E-state index contributed by atoms with van der Waals surface area (Å²) in [6.07, 6.45) is 6.22. The van der Waals surface area contributed by atoms with E-state index in [-0.39, 0.29) is 16.7 Å². The predicted octanol–water partition coefficient (Wildman–Crippen LogP) is 3.84. The zero-order chi connectivity index (χ0) is 25.6. The fourth-order valence-corrected chi connectivity index (χ4v) is 5.54. The molecular formula is C27H28N4O4S. The summed E-state index contributed by atoms with van der Waals surface area (Å²) in [4.78, 5) is 29.9. The first-order chi connectivity index (χ1) is 17.1. The zero-order valence-electron chi connectivity index (χ0n) is 20.1. The number of hydrogen-bond acceptors (Lipinski definition) is 5. The number of H-pyrrole nitrogens is 1. The van der Waals surface area contributed by atoms with Crippen molar-refractivity contribution in [2.24, 2.45) is 0 Å². The molecule has 2 fully saturated rings. The molecular weight excluding hydrogens is 476 g/mol. The molecule has 1 aromatic heterocycles. The van der Waals surface area contributed by atoms with Crippen LogP contribution in [0.15, 0.2) is 53.4 Å². The normalized spacial score (nSPS) is 18.2. The van der Waals surface area contributed by atoms with Crippen LogP contribution >= 0.6 is 0 Å². The van der Waals surface area contributed by atoms with Gasteiger partial charge in [-0.25, -0.2) is 8.42 Å². The van der Waals surface area contributed by atoms with Crippen LogP contribution in [0.5, 0.6) is 0 Å². The van der Waals surface area contributed by atoms with E-state index in [0.29, 0.717) is 31.4 Å². The lowest BCUT2D eigenvalue weighted by Crippen LogP contribution is -2.61. The summed E-state index contributed by atoms with van der Waals surface area (Å²) in [6, 6.07) is 16.3. The number of amides is 2. The van der Waals surface area contributed by atoms with E-state index in [1.807, 2.05) is 18.2 Å². The van der Waals surface area contributed by atoms with E-state index in [0.717, 1.165) is 41.3 Å². The molecule has 2 aromatic carbocycles. The van der Waals surface area contributed by atoms with Gasteiger partial charge in [0, 0.05) is 17.2 Å².